The Bertz CT molecular complexity index is 1620. The highest BCUT2D eigenvalue weighted by Crippen LogP contribution is 2.30. The highest BCUT2D eigenvalue weighted by atomic mass is 32.1. The van der Waals surface area contributed by atoms with Gasteiger partial charge in [-0.2, -0.15) is 4.98 Å². The zero-order valence-electron chi connectivity index (χ0n) is 34.2. The average molecular weight is 763 g/mol. The maximum atomic E-state index is 12.5. The van der Waals surface area contributed by atoms with E-state index in [2.05, 4.69) is 70.3 Å². The number of anilines is 2. The molecule has 54 heavy (non-hydrogen) atoms. The quantitative estimate of drug-likeness (QED) is 0.0232. The molecular weight excluding hydrogens is 693 g/mol. The minimum Gasteiger partial charge on any atom is -0.401 e. The number of aromatic amines is 1. The van der Waals surface area contributed by atoms with Gasteiger partial charge in [0.1, 0.15) is 11.6 Å². The Balaban J connectivity index is 2.44. The first-order valence-corrected chi connectivity index (χ1v) is 20.1. The molecule has 0 aliphatic carbocycles. The number of nitrogens with one attached hydrogen (secondary N) is 3. The molecule has 0 aliphatic heterocycles. The number of hydrogen-bond donors (Lipinski definition) is 6. The summed E-state index contributed by atoms with van der Waals surface area (Å²) in [6, 6.07) is 5.72. The third-order valence-corrected chi connectivity index (χ3v) is 9.71. The van der Waals surface area contributed by atoms with Crippen LogP contribution in [0.4, 0.5) is 11.6 Å². The number of hydrogen-bond acceptors (Lipinski definition) is 10. The maximum absolute atomic E-state index is 12.5. The first-order valence-electron chi connectivity index (χ1n) is 19.7. The Morgan fingerprint density at radius 1 is 1.04 bits per heavy atom. The van der Waals surface area contributed by atoms with E-state index < -0.39 is 0 Å². The van der Waals surface area contributed by atoms with Crippen molar-refractivity contribution in [2.75, 3.05) is 45.4 Å². The first-order chi connectivity index (χ1) is 25.9. The van der Waals surface area contributed by atoms with E-state index in [0.717, 1.165) is 84.8 Å². The van der Waals surface area contributed by atoms with Crippen LogP contribution in [0, 0.1) is 0 Å². The van der Waals surface area contributed by atoms with Crippen LogP contribution < -0.4 is 32.8 Å². The van der Waals surface area contributed by atoms with Crippen molar-refractivity contribution in [1.82, 2.24) is 34.6 Å². The topological polar surface area (TPSA) is 136 Å². The number of H-pyrrole nitrogens is 1. The number of hydrazine groups is 1. The smallest absolute Gasteiger partial charge is 0.349 e. The van der Waals surface area contributed by atoms with E-state index in [9.17, 15) is 4.79 Å². The summed E-state index contributed by atoms with van der Waals surface area (Å²) in [7, 11) is 7.98. The van der Waals surface area contributed by atoms with Crippen LogP contribution in [0.5, 0.6) is 0 Å². The Kier molecular flexibility index (Phi) is 22.0. The fraction of sp³-hybridized carbons (Fsp3) is 0.524. The summed E-state index contributed by atoms with van der Waals surface area (Å²) in [6.45, 7) is 12.3. The lowest BCUT2D eigenvalue weighted by Gasteiger charge is -2.29. The molecule has 2 aromatic rings. The molecule has 0 bridgehead atoms. The van der Waals surface area contributed by atoms with Crippen LogP contribution in [0.2, 0.25) is 0 Å². The SMILES string of the molecule is C=C(/C=C\C(=C/C)N(S)[C@@H](CC)Cn1ccc(N)nc1=O)/C(=C(\C=C/CCCCCNC)NN(C)C)c1ccc(N(C)/C=C(\N)CCCCCCCC)[nH]1. The molecule has 0 spiro atoms. The summed E-state index contributed by atoms with van der Waals surface area (Å²) in [5, 5.41) is 5.17. The summed E-state index contributed by atoms with van der Waals surface area (Å²) in [4.78, 5) is 22.1. The lowest BCUT2D eigenvalue weighted by molar-refractivity contribution is 0.333. The fourth-order valence-electron chi connectivity index (χ4n) is 6.05. The van der Waals surface area contributed by atoms with E-state index in [-0.39, 0.29) is 17.5 Å². The number of rotatable bonds is 27. The molecule has 0 unspecified atom stereocenters. The van der Waals surface area contributed by atoms with Crippen LogP contribution in [-0.2, 0) is 6.54 Å². The summed E-state index contributed by atoms with van der Waals surface area (Å²) in [5.41, 5.74) is 20.7. The highest BCUT2D eigenvalue weighted by Gasteiger charge is 2.18. The van der Waals surface area contributed by atoms with E-state index in [4.69, 9.17) is 24.3 Å². The standard InChI is InChI=1S/C42H70N10OS/c1-9-12-13-14-16-19-22-34(43)31-50(8)40-27-26-37(46-40)41(38(48-49(6)7)23-20-17-15-18-21-29-45-5)33(4)24-25-35(10-2)52(54)36(11-3)32-51-30-28-39(44)47-42(51)53/h10,20,23-28,30-31,36,45-46,48,54H,4,9,11-19,21-22,29,32,43H2,1-3,5-8H3,(H2,44,47,53)/b23-20-,25-24-,34-31-,35-10+,41-38-/t36-/m0/s1. The predicted molar refractivity (Wildman–Crippen MR) is 235 cm³/mol. The molecule has 7 N–H and O–H groups in total. The lowest BCUT2D eigenvalue weighted by atomic mass is 10.00. The second kappa shape index (κ2) is 25.8. The molecule has 2 rings (SSSR count). The van der Waals surface area contributed by atoms with Gasteiger partial charge in [-0.05, 0) is 95.0 Å². The second-order valence-corrected chi connectivity index (χ2v) is 14.4. The van der Waals surface area contributed by atoms with Crippen molar-refractivity contribution < 1.29 is 0 Å². The van der Waals surface area contributed by atoms with Gasteiger partial charge >= 0.3 is 5.69 Å². The van der Waals surface area contributed by atoms with E-state index >= 15 is 0 Å². The predicted octanol–water partition coefficient (Wildman–Crippen LogP) is 7.90. The Morgan fingerprint density at radius 2 is 1.76 bits per heavy atom. The van der Waals surface area contributed by atoms with Crippen molar-refractivity contribution in [2.45, 2.75) is 110 Å². The maximum Gasteiger partial charge on any atom is 0.349 e. The van der Waals surface area contributed by atoms with Gasteiger partial charge in [0.15, 0.2) is 0 Å². The van der Waals surface area contributed by atoms with Gasteiger partial charge in [0.2, 0.25) is 0 Å². The van der Waals surface area contributed by atoms with Crippen LogP contribution in [0.1, 0.15) is 104 Å². The van der Waals surface area contributed by atoms with Crippen molar-refractivity contribution >= 4 is 30.0 Å². The van der Waals surface area contributed by atoms with Gasteiger partial charge in [0, 0.05) is 62.7 Å². The number of unbranched alkanes of at least 4 members (excludes halogenated alkanes) is 8. The number of allylic oxidation sites excluding steroid dienone is 8. The largest absolute Gasteiger partial charge is 0.401 e. The van der Waals surface area contributed by atoms with Gasteiger partial charge in [-0.3, -0.25) is 4.57 Å². The third-order valence-electron chi connectivity index (χ3n) is 9.15. The summed E-state index contributed by atoms with van der Waals surface area (Å²) >= 11 is 4.91. The van der Waals surface area contributed by atoms with Crippen molar-refractivity contribution in [3.63, 3.8) is 0 Å². The van der Waals surface area contributed by atoms with Crippen LogP contribution in [0.15, 0.2) is 95.0 Å². The minimum atomic E-state index is -0.380. The molecule has 0 saturated carbocycles. The van der Waals surface area contributed by atoms with E-state index in [1.165, 1.54) is 38.5 Å². The molecule has 12 heteroatoms. The summed E-state index contributed by atoms with van der Waals surface area (Å²) < 4.78 is 3.46. The van der Waals surface area contributed by atoms with Crippen LogP contribution in [0.3, 0.4) is 0 Å². The zero-order chi connectivity index (χ0) is 39.9. The van der Waals surface area contributed by atoms with E-state index in [0.29, 0.717) is 6.54 Å². The van der Waals surface area contributed by atoms with Gasteiger partial charge in [0.25, 0.3) is 0 Å². The molecular formula is C42H70N10OS. The van der Waals surface area contributed by atoms with Gasteiger partial charge in [-0.25, -0.2) is 9.80 Å². The van der Waals surface area contributed by atoms with Gasteiger partial charge in [0.05, 0.1) is 11.7 Å². The Morgan fingerprint density at radius 3 is 2.43 bits per heavy atom. The van der Waals surface area contributed by atoms with Crippen molar-refractivity contribution in [3.8, 4) is 0 Å². The second-order valence-electron chi connectivity index (χ2n) is 14.0. The molecule has 300 valence electrons. The third kappa shape index (κ3) is 16.5. The molecule has 0 aliphatic rings. The monoisotopic (exact) mass is 763 g/mol. The number of thiol groups is 1. The minimum absolute atomic E-state index is 0.0827. The van der Waals surface area contributed by atoms with Crippen molar-refractivity contribution in [3.05, 3.63) is 106 Å². The van der Waals surface area contributed by atoms with Gasteiger partial charge < -0.3 is 36.4 Å². The lowest BCUT2D eigenvalue weighted by Crippen LogP contribution is -2.35. The molecule has 11 nitrogen and oxygen atoms in total. The molecule has 0 fully saturated rings. The average Bonchev–Trinajstić information content (AvgIpc) is 3.62. The molecule has 0 aromatic carbocycles. The van der Waals surface area contributed by atoms with Crippen molar-refractivity contribution in [2.24, 2.45) is 5.73 Å². The molecule has 0 amide bonds. The van der Waals surface area contributed by atoms with E-state index in [1.54, 1.807) is 16.8 Å². The molecule has 1 atom stereocenters. The van der Waals surface area contributed by atoms with Crippen LogP contribution in [-0.4, -0.2) is 64.6 Å². The number of nitrogens with zero attached hydrogens (tertiary/aromatic N) is 5. The molecule has 2 aromatic heterocycles. The van der Waals surface area contributed by atoms with Crippen LogP contribution in [0.25, 0.3) is 5.57 Å². The fourth-order valence-corrected chi connectivity index (χ4v) is 6.47. The molecule has 0 saturated heterocycles. The summed E-state index contributed by atoms with van der Waals surface area (Å²) in [5.74, 6) is 1.13. The number of nitrogens with two attached hydrogens (primary N) is 2. The Labute approximate surface area is 331 Å². The number of nitrogen functional groups attached to an aromatic ring is 1. The zero-order valence-corrected chi connectivity index (χ0v) is 35.1. The van der Waals surface area contributed by atoms with Gasteiger partial charge in [-0.15, -0.1) is 0 Å². The highest BCUT2D eigenvalue weighted by molar-refractivity contribution is 7.77. The molecule has 0 radical (unpaired) electrons. The Hall–Kier alpha value is -4.13. The van der Waals surface area contributed by atoms with Crippen molar-refractivity contribution in [1.29, 1.82) is 0 Å². The van der Waals surface area contributed by atoms with Gasteiger partial charge in [-0.1, -0.05) is 90.0 Å². The number of aromatic nitrogens is 3. The normalized spacial score (nSPS) is 13.6. The van der Waals surface area contributed by atoms with Crippen LogP contribution >= 0.6 is 12.8 Å². The summed E-state index contributed by atoms with van der Waals surface area (Å²) in [6.07, 6.45) is 27.6. The molecule has 2 heterocycles. The first kappa shape index (κ1) is 46.0. The van der Waals surface area contributed by atoms with E-state index in [1.807, 2.05) is 68.9 Å².